The van der Waals surface area contributed by atoms with Gasteiger partial charge in [0.05, 0.1) is 22.9 Å². The van der Waals surface area contributed by atoms with Crippen molar-refractivity contribution in [2.24, 2.45) is 17.6 Å². The van der Waals surface area contributed by atoms with Crippen LogP contribution in [0.5, 0.6) is 0 Å². The number of hydrogen-bond donors (Lipinski definition) is 2. The Labute approximate surface area is 310 Å². The summed E-state index contributed by atoms with van der Waals surface area (Å²) in [6, 6.07) is 19.2. The fourth-order valence-corrected chi connectivity index (χ4v) is 10.7. The third-order valence-corrected chi connectivity index (χ3v) is 13.9. The van der Waals surface area contributed by atoms with Gasteiger partial charge in [-0.25, -0.2) is 22.0 Å². The summed E-state index contributed by atoms with van der Waals surface area (Å²) in [4.78, 5) is 30.6. The number of carbonyl (C=O) groups is 2. The number of piperidine rings is 1. The Hall–Kier alpha value is -4.07. The highest BCUT2D eigenvalue weighted by atomic mass is 32.2. The second-order valence-electron chi connectivity index (χ2n) is 15.4. The SMILES string of the molecule is CNC(=O)c1ccc(S(=O)(=O)c2ccc(N3CC(F)(CN4CCC(C(CN5CCC5)(c5cccc(F)c5)[C@H]5CCC[C@@H]5OC(N)=O)CC4)C3)cc2)cc1. The van der Waals surface area contributed by atoms with Gasteiger partial charge >= 0.3 is 6.09 Å². The Morgan fingerprint density at radius 1 is 0.906 bits per heavy atom. The first kappa shape index (κ1) is 37.3. The summed E-state index contributed by atoms with van der Waals surface area (Å²) < 4.78 is 63.3. The average molecular weight is 750 g/mol. The molecule has 1 aliphatic carbocycles. The van der Waals surface area contributed by atoms with Crippen LogP contribution in [0.4, 0.5) is 19.3 Å². The van der Waals surface area contributed by atoms with Crippen LogP contribution in [0.1, 0.15) is 54.4 Å². The van der Waals surface area contributed by atoms with Gasteiger partial charge in [-0.05, 0) is 137 Å². The number of primary amides is 1. The molecule has 4 fully saturated rings. The molecule has 3 aromatic carbocycles. The molecule has 13 heteroatoms. The van der Waals surface area contributed by atoms with E-state index in [1.165, 1.54) is 49.5 Å². The number of carbonyl (C=O) groups excluding carboxylic acids is 2. The molecule has 0 radical (unpaired) electrons. The number of ether oxygens (including phenoxy) is 1. The third-order valence-electron chi connectivity index (χ3n) is 12.1. The van der Waals surface area contributed by atoms with Crippen molar-refractivity contribution in [3.05, 3.63) is 89.7 Å². The van der Waals surface area contributed by atoms with Gasteiger partial charge in [0.1, 0.15) is 11.9 Å². The molecule has 4 aliphatic rings. The molecule has 0 spiro atoms. The molecule has 3 N–H and O–H groups in total. The van der Waals surface area contributed by atoms with E-state index < -0.39 is 27.0 Å². The Morgan fingerprint density at radius 3 is 2.15 bits per heavy atom. The van der Waals surface area contributed by atoms with Gasteiger partial charge < -0.3 is 25.6 Å². The fraction of sp³-hybridized carbons (Fsp3) is 0.500. The molecule has 10 nitrogen and oxygen atoms in total. The van der Waals surface area contributed by atoms with Gasteiger partial charge in [0.2, 0.25) is 9.84 Å². The predicted molar refractivity (Wildman–Crippen MR) is 198 cm³/mol. The summed E-state index contributed by atoms with van der Waals surface area (Å²) in [5.41, 5.74) is 5.76. The smallest absolute Gasteiger partial charge is 0.404 e. The molecule has 2 amide bonds. The lowest BCUT2D eigenvalue weighted by atomic mass is 9.58. The van der Waals surface area contributed by atoms with E-state index in [1.807, 2.05) is 11.0 Å². The van der Waals surface area contributed by atoms with Gasteiger partial charge in [0, 0.05) is 42.7 Å². The topological polar surface area (TPSA) is 125 Å². The van der Waals surface area contributed by atoms with E-state index in [-0.39, 0.29) is 52.5 Å². The molecular formula is C40H49F2N5O5S. The van der Waals surface area contributed by atoms with E-state index in [4.69, 9.17) is 10.5 Å². The van der Waals surface area contributed by atoms with Crippen LogP contribution in [0, 0.1) is 17.7 Å². The van der Waals surface area contributed by atoms with Gasteiger partial charge in [-0.1, -0.05) is 12.1 Å². The number of likely N-dealkylation sites (tertiary alicyclic amines) is 2. The Bertz CT molecular complexity index is 1890. The second-order valence-corrected chi connectivity index (χ2v) is 17.3. The minimum atomic E-state index is -3.80. The maximum atomic E-state index is 16.2. The Balaban J connectivity index is 1.01. The number of hydrogen-bond acceptors (Lipinski definition) is 8. The van der Waals surface area contributed by atoms with Gasteiger partial charge in [-0.2, -0.15) is 0 Å². The molecule has 0 aromatic heterocycles. The lowest BCUT2D eigenvalue weighted by Crippen LogP contribution is -2.65. The number of benzene rings is 3. The number of alkyl halides is 1. The Kier molecular flexibility index (Phi) is 10.5. The molecule has 53 heavy (non-hydrogen) atoms. The fourth-order valence-electron chi connectivity index (χ4n) is 9.41. The predicted octanol–water partition coefficient (Wildman–Crippen LogP) is 5.17. The molecule has 3 aliphatic heterocycles. The van der Waals surface area contributed by atoms with Crippen molar-refractivity contribution < 1.29 is 31.5 Å². The molecule has 1 saturated carbocycles. The molecule has 3 heterocycles. The number of nitrogens with zero attached hydrogens (tertiary/aromatic N) is 3. The zero-order chi connectivity index (χ0) is 37.4. The second kappa shape index (κ2) is 15.0. The normalized spacial score (nSPS) is 23.4. The van der Waals surface area contributed by atoms with Crippen molar-refractivity contribution in [3.63, 3.8) is 0 Å². The maximum absolute atomic E-state index is 16.2. The molecule has 3 atom stereocenters. The van der Waals surface area contributed by atoms with Crippen LogP contribution in [-0.4, -0.2) is 101 Å². The summed E-state index contributed by atoms with van der Waals surface area (Å²) in [6.45, 7) is 4.85. The zero-order valence-electron chi connectivity index (χ0n) is 30.2. The summed E-state index contributed by atoms with van der Waals surface area (Å²) >= 11 is 0. The van der Waals surface area contributed by atoms with Crippen LogP contribution >= 0.6 is 0 Å². The van der Waals surface area contributed by atoms with Gasteiger partial charge in [0.25, 0.3) is 5.91 Å². The van der Waals surface area contributed by atoms with Crippen molar-refractivity contribution in [2.45, 2.75) is 65.5 Å². The average Bonchev–Trinajstić information content (AvgIpc) is 3.58. The lowest BCUT2D eigenvalue weighted by molar-refractivity contribution is -0.0206. The largest absolute Gasteiger partial charge is 0.446 e. The van der Waals surface area contributed by atoms with Crippen molar-refractivity contribution in [1.29, 1.82) is 0 Å². The highest BCUT2D eigenvalue weighted by molar-refractivity contribution is 7.91. The van der Waals surface area contributed by atoms with Crippen molar-refractivity contribution in [1.82, 2.24) is 15.1 Å². The van der Waals surface area contributed by atoms with Crippen LogP contribution in [0.3, 0.4) is 0 Å². The summed E-state index contributed by atoms with van der Waals surface area (Å²) in [6.07, 6.45) is 4.15. The van der Waals surface area contributed by atoms with Crippen molar-refractivity contribution in [3.8, 4) is 0 Å². The van der Waals surface area contributed by atoms with Gasteiger partial charge in [0.15, 0.2) is 5.67 Å². The Morgan fingerprint density at radius 2 is 1.57 bits per heavy atom. The number of halogens is 2. The van der Waals surface area contributed by atoms with E-state index >= 15 is 4.39 Å². The number of anilines is 1. The number of rotatable bonds is 12. The minimum absolute atomic E-state index is 0.00222. The number of sulfone groups is 1. The maximum Gasteiger partial charge on any atom is 0.404 e. The first-order valence-electron chi connectivity index (χ1n) is 18.7. The van der Waals surface area contributed by atoms with Crippen LogP contribution in [0.15, 0.2) is 82.6 Å². The third kappa shape index (κ3) is 7.52. The van der Waals surface area contributed by atoms with Crippen molar-refractivity contribution in [2.75, 3.05) is 64.3 Å². The van der Waals surface area contributed by atoms with E-state index in [0.29, 0.717) is 25.2 Å². The highest BCUT2D eigenvalue weighted by Gasteiger charge is 2.54. The molecule has 7 rings (SSSR count). The van der Waals surface area contributed by atoms with Gasteiger partial charge in [-0.15, -0.1) is 0 Å². The van der Waals surface area contributed by atoms with Crippen LogP contribution in [0.2, 0.25) is 0 Å². The zero-order valence-corrected chi connectivity index (χ0v) is 31.0. The molecule has 284 valence electrons. The van der Waals surface area contributed by atoms with E-state index in [2.05, 4.69) is 15.1 Å². The molecule has 3 aromatic rings. The monoisotopic (exact) mass is 749 g/mol. The van der Waals surface area contributed by atoms with E-state index in [0.717, 1.165) is 69.4 Å². The highest BCUT2D eigenvalue weighted by Crippen LogP contribution is 2.52. The quantitative estimate of drug-likeness (QED) is 0.260. The van der Waals surface area contributed by atoms with Gasteiger partial charge in [-0.3, -0.25) is 9.69 Å². The van der Waals surface area contributed by atoms with Crippen LogP contribution in [-0.2, 0) is 20.0 Å². The van der Waals surface area contributed by atoms with Crippen LogP contribution in [0.25, 0.3) is 0 Å². The number of nitrogens with one attached hydrogen (secondary N) is 1. The number of amides is 2. The standard InChI is InChI=1S/C40H49F2N5O5S/c1-44-37(48)28-9-13-33(14-10-28)53(50,51)34-15-11-32(12-16-34)47-25-39(42,26-47)24-46-21-17-29(18-22-46)40(27-45-19-4-20-45,30-5-2-6-31(41)23-30)35-7-3-8-36(35)52-38(43)49/h2,5-6,9-16,23,29,35-36H,3-4,7-8,17-22,24-27H2,1H3,(H2,43,49)(H,44,48)/t35-,36-,40?/m0/s1. The molecular weight excluding hydrogens is 701 g/mol. The summed E-state index contributed by atoms with van der Waals surface area (Å²) in [5, 5.41) is 2.52. The molecule has 3 saturated heterocycles. The lowest BCUT2D eigenvalue weighted by Gasteiger charge is -2.54. The van der Waals surface area contributed by atoms with Crippen molar-refractivity contribution >= 4 is 27.5 Å². The molecule has 0 bridgehead atoms. The van der Waals surface area contributed by atoms with Crippen LogP contribution < -0.4 is 16.0 Å². The first-order chi connectivity index (χ1) is 25.4. The summed E-state index contributed by atoms with van der Waals surface area (Å²) in [7, 11) is -2.28. The number of nitrogens with two attached hydrogens (primary N) is 1. The first-order valence-corrected chi connectivity index (χ1v) is 20.2. The molecule has 1 unspecified atom stereocenters. The van der Waals surface area contributed by atoms with E-state index in [9.17, 15) is 22.4 Å². The van der Waals surface area contributed by atoms with E-state index in [1.54, 1.807) is 24.3 Å². The minimum Gasteiger partial charge on any atom is -0.446 e. The summed E-state index contributed by atoms with van der Waals surface area (Å²) in [5.74, 6) is -0.400.